The zero-order chi connectivity index (χ0) is 15.3. The number of carboxylic acids is 2. The molecule has 2 N–H and O–H groups in total. The molecule has 0 aliphatic carbocycles. The molecule has 1 aromatic rings. The van der Waals surface area contributed by atoms with Crippen LogP contribution in [0.4, 0.5) is 5.69 Å². The number of carboxylic acid groups (broad SMARTS) is 2. The highest BCUT2D eigenvalue weighted by molar-refractivity contribution is 5.95. The molecule has 0 heterocycles. The number of carbonyl (C=O) groups is 3. The van der Waals surface area contributed by atoms with Crippen LogP contribution in [-0.2, 0) is 9.59 Å². The summed E-state index contributed by atoms with van der Waals surface area (Å²) in [5.41, 5.74) is 0.981. The molecule has 0 amide bonds. The Hall–Kier alpha value is -2.37. The monoisotopic (exact) mass is 279 g/mol. The molecule has 6 nitrogen and oxygen atoms in total. The van der Waals surface area contributed by atoms with Gasteiger partial charge in [0.15, 0.2) is 5.78 Å². The maximum atomic E-state index is 11.4. The third-order valence-electron chi connectivity index (χ3n) is 2.98. The Bertz CT molecular complexity index is 526. The zero-order valence-corrected chi connectivity index (χ0v) is 11.4. The Morgan fingerprint density at radius 1 is 1.25 bits per heavy atom. The molecule has 0 fully saturated rings. The van der Waals surface area contributed by atoms with Gasteiger partial charge in [0.1, 0.15) is 6.04 Å². The molecule has 1 rings (SSSR count). The van der Waals surface area contributed by atoms with Gasteiger partial charge < -0.3 is 15.1 Å². The quantitative estimate of drug-likeness (QED) is 0.737. The number of hydrogen-bond acceptors (Lipinski definition) is 4. The summed E-state index contributed by atoms with van der Waals surface area (Å²) in [7, 11) is 0. The fourth-order valence-electron chi connectivity index (χ4n) is 1.80. The van der Waals surface area contributed by atoms with Gasteiger partial charge >= 0.3 is 11.9 Å². The van der Waals surface area contributed by atoms with Crippen LogP contribution in [0.2, 0.25) is 0 Å². The van der Waals surface area contributed by atoms with Gasteiger partial charge in [0.05, 0.1) is 6.42 Å². The summed E-state index contributed by atoms with van der Waals surface area (Å²) in [6.07, 6.45) is -0.179. The van der Waals surface area contributed by atoms with Gasteiger partial charge in [-0.05, 0) is 26.0 Å². The third-order valence-corrected chi connectivity index (χ3v) is 2.98. The van der Waals surface area contributed by atoms with Crippen LogP contribution in [0, 0.1) is 0 Å². The van der Waals surface area contributed by atoms with Crippen LogP contribution in [0.15, 0.2) is 24.3 Å². The standard InChI is InChI=1S/C14H17NO5/c1-9(14(19)20)15(7-6-13(17)18)12-5-3-4-11(8-12)10(2)16/h3-5,8-9H,6-7H2,1-2H3,(H,17,18)(H,19,20). The summed E-state index contributed by atoms with van der Waals surface area (Å²) in [5.74, 6) is -2.19. The number of aliphatic carboxylic acids is 2. The molecular formula is C14H17NO5. The fourth-order valence-corrected chi connectivity index (χ4v) is 1.80. The average molecular weight is 279 g/mol. The molecule has 0 saturated heterocycles. The summed E-state index contributed by atoms with van der Waals surface area (Å²) in [6, 6.07) is 5.63. The van der Waals surface area contributed by atoms with E-state index in [1.807, 2.05) is 0 Å². The van der Waals surface area contributed by atoms with Crippen molar-refractivity contribution in [2.75, 3.05) is 11.4 Å². The third kappa shape index (κ3) is 4.08. The van der Waals surface area contributed by atoms with Crippen molar-refractivity contribution in [3.8, 4) is 0 Å². The Morgan fingerprint density at radius 2 is 1.90 bits per heavy atom. The molecule has 1 unspecified atom stereocenters. The molecule has 0 bridgehead atoms. The summed E-state index contributed by atoms with van der Waals surface area (Å²) >= 11 is 0. The minimum Gasteiger partial charge on any atom is -0.481 e. The van der Waals surface area contributed by atoms with Crippen molar-refractivity contribution >= 4 is 23.4 Å². The number of rotatable bonds is 7. The number of ketones is 1. The Labute approximate surface area is 116 Å². The minimum atomic E-state index is -1.05. The number of carbonyl (C=O) groups excluding carboxylic acids is 1. The second kappa shape index (κ2) is 6.70. The molecule has 0 aliphatic rings. The highest BCUT2D eigenvalue weighted by Crippen LogP contribution is 2.20. The number of benzene rings is 1. The molecule has 108 valence electrons. The van der Waals surface area contributed by atoms with E-state index < -0.39 is 18.0 Å². The van der Waals surface area contributed by atoms with Crippen LogP contribution in [0.3, 0.4) is 0 Å². The van der Waals surface area contributed by atoms with Crippen molar-refractivity contribution in [1.29, 1.82) is 0 Å². The Balaban J connectivity index is 3.08. The minimum absolute atomic E-state index is 0.0597. The van der Waals surface area contributed by atoms with E-state index in [0.29, 0.717) is 11.3 Å². The van der Waals surface area contributed by atoms with Crippen molar-refractivity contribution in [3.63, 3.8) is 0 Å². The molecule has 0 spiro atoms. The normalized spacial score (nSPS) is 11.7. The second-order valence-corrected chi connectivity index (χ2v) is 4.46. The molecule has 1 atom stereocenters. The number of Topliss-reactive ketones (excluding diaryl/α,β-unsaturated/α-hetero) is 1. The van der Waals surface area contributed by atoms with Crippen LogP contribution >= 0.6 is 0 Å². The Kier molecular flexibility index (Phi) is 5.25. The molecule has 20 heavy (non-hydrogen) atoms. The largest absolute Gasteiger partial charge is 0.481 e. The molecule has 0 radical (unpaired) electrons. The lowest BCUT2D eigenvalue weighted by atomic mass is 10.1. The van der Waals surface area contributed by atoms with Crippen LogP contribution in [0.25, 0.3) is 0 Å². The van der Waals surface area contributed by atoms with Gasteiger partial charge in [-0.1, -0.05) is 12.1 Å². The first-order valence-corrected chi connectivity index (χ1v) is 6.15. The van der Waals surface area contributed by atoms with Crippen LogP contribution < -0.4 is 4.90 Å². The van der Waals surface area contributed by atoms with Crippen molar-refractivity contribution in [2.45, 2.75) is 26.3 Å². The molecule has 0 aromatic heterocycles. The van der Waals surface area contributed by atoms with E-state index in [1.165, 1.54) is 18.7 Å². The number of nitrogens with zero attached hydrogens (tertiary/aromatic N) is 1. The first kappa shape index (κ1) is 15.7. The zero-order valence-electron chi connectivity index (χ0n) is 11.4. The summed E-state index contributed by atoms with van der Waals surface area (Å²) in [6.45, 7) is 2.95. The highest BCUT2D eigenvalue weighted by atomic mass is 16.4. The van der Waals surface area contributed by atoms with E-state index in [1.54, 1.807) is 24.3 Å². The van der Waals surface area contributed by atoms with Crippen LogP contribution in [0.1, 0.15) is 30.6 Å². The summed E-state index contributed by atoms with van der Waals surface area (Å²) in [5, 5.41) is 17.8. The summed E-state index contributed by atoms with van der Waals surface area (Å²) < 4.78 is 0. The van der Waals surface area contributed by atoms with Gasteiger partial charge in [0, 0.05) is 17.8 Å². The topological polar surface area (TPSA) is 94.9 Å². The molecule has 0 saturated carbocycles. The van der Waals surface area contributed by atoms with Gasteiger partial charge in [-0.3, -0.25) is 9.59 Å². The van der Waals surface area contributed by atoms with Gasteiger partial charge in [-0.25, -0.2) is 4.79 Å². The maximum Gasteiger partial charge on any atom is 0.326 e. The fraction of sp³-hybridized carbons (Fsp3) is 0.357. The first-order valence-electron chi connectivity index (χ1n) is 6.15. The van der Waals surface area contributed by atoms with Gasteiger partial charge in [0.25, 0.3) is 0 Å². The molecule has 1 aromatic carbocycles. The highest BCUT2D eigenvalue weighted by Gasteiger charge is 2.22. The van der Waals surface area contributed by atoms with Crippen LogP contribution in [-0.4, -0.2) is 40.5 Å². The lowest BCUT2D eigenvalue weighted by molar-refractivity contribution is -0.139. The predicted octanol–water partition coefficient (Wildman–Crippen LogP) is 1.64. The van der Waals surface area contributed by atoms with Crippen molar-refractivity contribution in [3.05, 3.63) is 29.8 Å². The predicted molar refractivity (Wildman–Crippen MR) is 73.1 cm³/mol. The number of anilines is 1. The van der Waals surface area contributed by atoms with Crippen molar-refractivity contribution in [2.24, 2.45) is 0 Å². The average Bonchev–Trinajstić information content (AvgIpc) is 2.38. The van der Waals surface area contributed by atoms with E-state index in [4.69, 9.17) is 10.2 Å². The summed E-state index contributed by atoms with van der Waals surface area (Å²) in [4.78, 5) is 34.6. The van der Waals surface area contributed by atoms with Crippen molar-refractivity contribution in [1.82, 2.24) is 0 Å². The van der Waals surface area contributed by atoms with Crippen LogP contribution in [0.5, 0.6) is 0 Å². The second-order valence-electron chi connectivity index (χ2n) is 4.46. The van der Waals surface area contributed by atoms with Gasteiger partial charge in [0.2, 0.25) is 0 Å². The van der Waals surface area contributed by atoms with E-state index in [0.717, 1.165) is 0 Å². The lowest BCUT2D eigenvalue weighted by Gasteiger charge is -2.28. The van der Waals surface area contributed by atoms with E-state index >= 15 is 0 Å². The molecule has 0 aliphatic heterocycles. The van der Waals surface area contributed by atoms with E-state index in [9.17, 15) is 14.4 Å². The number of hydrogen-bond donors (Lipinski definition) is 2. The molecular weight excluding hydrogens is 262 g/mol. The van der Waals surface area contributed by atoms with Gasteiger partial charge in [-0.2, -0.15) is 0 Å². The van der Waals surface area contributed by atoms with Crippen molar-refractivity contribution < 1.29 is 24.6 Å². The Morgan fingerprint density at radius 3 is 2.40 bits per heavy atom. The first-order chi connectivity index (χ1) is 9.32. The smallest absolute Gasteiger partial charge is 0.326 e. The SMILES string of the molecule is CC(=O)c1cccc(N(CCC(=O)O)C(C)C(=O)O)c1. The maximum absolute atomic E-state index is 11.4. The molecule has 6 heteroatoms. The van der Waals surface area contributed by atoms with E-state index in [2.05, 4.69) is 0 Å². The van der Waals surface area contributed by atoms with Gasteiger partial charge in [-0.15, -0.1) is 0 Å². The van der Waals surface area contributed by atoms with E-state index in [-0.39, 0.29) is 18.7 Å². The lowest BCUT2D eigenvalue weighted by Crippen LogP contribution is -2.40.